The van der Waals surface area contributed by atoms with Crippen molar-refractivity contribution in [2.45, 2.75) is 13.1 Å². The number of hydrogen-bond acceptors (Lipinski definition) is 3. The van der Waals surface area contributed by atoms with E-state index in [4.69, 9.17) is 5.11 Å². The van der Waals surface area contributed by atoms with Gasteiger partial charge in [-0.05, 0) is 19.1 Å². The summed E-state index contributed by atoms with van der Waals surface area (Å²) in [6.45, 7) is -0.401. The smallest absolute Gasteiger partial charge is 0.384 e. The molecule has 0 spiro atoms. The Kier molecular flexibility index (Phi) is 5.53. The lowest BCUT2D eigenvalue weighted by atomic mass is 10.1. The predicted molar refractivity (Wildman–Crippen MR) is 65.8 cm³/mol. The number of carbonyl (C=O) groups excluding carboxylic acids is 1. The Morgan fingerprint density at radius 1 is 1.50 bits per heavy atom. The molecular weight excluding hydrogens is 273 g/mol. The molecule has 0 aliphatic heterocycles. The molecule has 0 fully saturated rings. The number of alkyl halides is 3. The summed E-state index contributed by atoms with van der Waals surface area (Å²) in [4.78, 5) is 16.5. The molecule has 108 valence electrons. The highest BCUT2D eigenvalue weighted by molar-refractivity contribution is 5.94. The van der Waals surface area contributed by atoms with Gasteiger partial charge in [-0.3, -0.25) is 4.79 Å². The maximum absolute atomic E-state index is 12.4. The third kappa shape index (κ3) is 4.55. The molecule has 0 bridgehead atoms. The molecule has 0 saturated heterocycles. The van der Waals surface area contributed by atoms with Crippen molar-refractivity contribution in [1.82, 2.24) is 9.88 Å². The number of pyridine rings is 1. The SMILES string of the molecule is CCN(CC(F)(F)F)C(=O)c1ncccc1C#CCO. The first-order chi connectivity index (χ1) is 9.39. The molecule has 0 aliphatic rings. The first-order valence-electron chi connectivity index (χ1n) is 5.79. The van der Waals surface area contributed by atoms with Crippen LogP contribution >= 0.6 is 0 Å². The second kappa shape index (κ2) is 6.91. The lowest BCUT2D eigenvalue weighted by Gasteiger charge is -2.22. The van der Waals surface area contributed by atoms with Crippen LogP contribution < -0.4 is 0 Å². The topological polar surface area (TPSA) is 53.4 Å². The third-order valence-corrected chi connectivity index (χ3v) is 2.35. The average molecular weight is 286 g/mol. The van der Waals surface area contributed by atoms with Crippen LogP contribution in [0.25, 0.3) is 0 Å². The van der Waals surface area contributed by atoms with Crippen LogP contribution in [0.15, 0.2) is 18.3 Å². The molecule has 0 aliphatic carbocycles. The van der Waals surface area contributed by atoms with E-state index in [1.165, 1.54) is 25.3 Å². The quantitative estimate of drug-likeness (QED) is 0.856. The highest BCUT2D eigenvalue weighted by atomic mass is 19.4. The van der Waals surface area contributed by atoms with E-state index in [-0.39, 0.29) is 17.8 Å². The number of rotatable bonds is 3. The molecule has 0 atom stereocenters. The summed E-state index contributed by atoms with van der Waals surface area (Å²) in [5, 5.41) is 8.63. The maximum atomic E-state index is 12.4. The monoisotopic (exact) mass is 286 g/mol. The van der Waals surface area contributed by atoms with E-state index >= 15 is 0 Å². The minimum atomic E-state index is -4.47. The molecular formula is C13H13F3N2O2. The zero-order valence-corrected chi connectivity index (χ0v) is 10.7. The first-order valence-corrected chi connectivity index (χ1v) is 5.79. The summed E-state index contributed by atoms with van der Waals surface area (Å²) in [5.41, 5.74) is 0.0340. The molecule has 1 aromatic rings. The molecule has 0 aromatic carbocycles. The number of hydrogen-bond donors (Lipinski definition) is 1. The van der Waals surface area contributed by atoms with Crippen molar-refractivity contribution < 1.29 is 23.1 Å². The molecule has 1 heterocycles. The fourth-order valence-electron chi connectivity index (χ4n) is 1.50. The van der Waals surface area contributed by atoms with Gasteiger partial charge in [0.15, 0.2) is 0 Å². The fraction of sp³-hybridized carbons (Fsp3) is 0.385. The van der Waals surface area contributed by atoms with Crippen molar-refractivity contribution >= 4 is 5.91 Å². The van der Waals surface area contributed by atoms with E-state index in [0.717, 1.165) is 0 Å². The molecule has 0 radical (unpaired) electrons. The Bertz CT molecular complexity index is 532. The minimum absolute atomic E-state index is 0.0955. The van der Waals surface area contributed by atoms with Crippen molar-refractivity contribution in [2.75, 3.05) is 19.7 Å². The number of amides is 1. The Morgan fingerprint density at radius 2 is 2.20 bits per heavy atom. The number of aromatic nitrogens is 1. The lowest BCUT2D eigenvalue weighted by molar-refractivity contribution is -0.140. The van der Waals surface area contributed by atoms with Crippen molar-refractivity contribution in [2.24, 2.45) is 0 Å². The molecule has 1 amide bonds. The summed E-state index contributed by atoms with van der Waals surface area (Å²) in [6.07, 6.45) is -3.17. The van der Waals surface area contributed by atoms with E-state index in [1.54, 1.807) is 0 Å². The molecule has 1 rings (SSSR count). The standard InChI is InChI=1S/C13H13F3N2O2/c1-2-18(9-13(14,15)16)12(20)11-10(6-4-8-19)5-3-7-17-11/h3,5,7,19H,2,8-9H2,1H3. The van der Waals surface area contributed by atoms with E-state index in [1.807, 2.05) is 0 Å². The van der Waals surface area contributed by atoms with Crippen LogP contribution in [-0.4, -0.2) is 46.8 Å². The van der Waals surface area contributed by atoms with Crippen LogP contribution in [0.2, 0.25) is 0 Å². The van der Waals surface area contributed by atoms with E-state index in [9.17, 15) is 18.0 Å². The van der Waals surface area contributed by atoms with Gasteiger partial charge in [-0.25, -0.2) is 4.98 Å². The first kappa shape index (κ1) is 16.0. The number of halogens is 3. The fourth-order valence-corrected chi connectivity index (χ4v) is 1.50. The van der Waals surface area contributed by atoms with Gasteiger partial charge >= 0.3 is 6.18 Å². The van der Waals surface area contributed by atoms with E-state index in [2.05, 4.69) is 16.8 Å². The van der Waals surface area contributed by atoms with Gasteiger partial charge in [0.1, 0.15) is 18.8 Å². The minimum Gasteiger partial charge on any atom is -0.384 e. The zero-order chi connectivity index (χ0) is 15.2. The van der Waals surface area contributed by atoms with Crippen LogP contribution in [0, 0.1) is 11.8 Å². The molecule has 1 N–H and O–H groups in total. The highest BCUT2D eigenvalue weighted by Gasteiger charge is 2.33. The second-order valence-corrected chi connectivity index (χ2v) is 3.79. The van der Waals surface area contributed by atoms with Gasteiger partial charge in [-0.1, -0.05) is 11.8 Å². The Labute approximate surface area is 114 Å². The number of carbonyl (C=O) groups is 1. The second-order valence-electron chi connectivity index (χ2n) is 3.79. The van der Waals surface area contributed by atoms with Crippen molar-refractivity contribution in [3.63, 3.8) is 0 Å². The number of aliphatic hydroxyl groups excluding tert-OH is 1. The van der Waals surface area contributed by atoms with Gasteiger partial charge in [0.25, 0.3) is 5.91 Å². The van der Waals surface area contributed by atoms with E-state index in [0.29, 0.717) is 4.90 Å². The Morgan fingerprint density at radius 3 is 2.75 bits per heavy atom. The van der Waals surface area contributed by atoms with Crippen molar-refractivity contribution in [3.05, 3.63) is 29.6 Å². The molecule has 20 heavy (non-hydrogen) atoms. The van der Waals surface area contributed by atoms with Crippen LogP contribution in [-0.2, 0) is 0 Å². The van der Waals surface area contributed by atoms with Crippen LogP contribution in [0.4, 0.5) is 13.2 Å². The normalized spacial score (nSPS) is 10.7. The van der Waals surface area contributed by atoms with Crippen molar-refractivity contribution in [3.8, 4) is 11.8 Å². The van der Waals surface area contributed by atoms with Crippen molar-refractivity contribution in [1.29, 1.82) is 0 Å². The molecule has 0 saturated carbocycles. The summed E-state index contributed by atoms with van der Waals surface area (Å²) in [6, 6.07) is 2.97. The summed E-state index contributed by atoms with van der Waals surface area (Å²) in [7, 11) is 0. The third-order valence-electron chi connectivity index (χ3n) is 2.35. The van der Waals surface area contributed by atoms with Gasteiger partial charge in [0.2, 0.25) is 0 Å². The summed E-state index contributed by atoms with van der Waals surface area (Å²) < 4.78 is 37.2. The largest absolute Gasteiger partial charge is 0.406 e. The molecule has 1 aromatic heterocycles. The highest BCUT2D eigenvalue weighted by Crippen LogP contribution is 2.18. The van der Waals surface area contributed by atoms with Crippen LogP contribution in [0.5, 0.6) is 0 Å². The lowest BCUT2D eigenvalue weighted by Crippen LogP contribution is -2.39. The maximum Gasteiger partial charge on any atom is 0.406 e. The van der Waals surface area contributed by atoms with Crippen LogP contribution in [0.1, 0.15) is 23.0 Å². The van der Waals surface area contributed by atoms with Gasteiger partial charge in [0.05, 0.1) is 5.56 Å². The van der Waals surface area contributed by atoms with Gasteiger partial charge in [0, 0.05) is 12.7 Å². The van der Waals surface area contributed by atoms with Gasteiger partial charge in [-0.2, -0.15) is 13.2 Å². The summed E-state index contributed by atoms with van der Waals surface area (Å²) in [5.74, 6) is 3.99. The molecule has 0 unspecified atom stereocenters. The number of nitrogens with zero attached hydrogens (tertiary/aromatic N) is 2. The predicted octanol–water partition coefficient (Wildman–Crippen LogP) is 1.45. The summed E-state index contributed by atoms with van der Waals surface area (Å²) >= 11 is 0. The number of aliphatic hydroxyl groups is 1. The Balaban J connectivity index is 3.07. The van der Waals surface area contributed by atoms with Gasteiger partial charge in [-0.15, -0.1) is 0 Å². The van der Waals surface area contributed by atoms with E-state index < -0.39 is 25.2 Å². The molecule has 7 heteroatoms. The zero-order valence-electron chi connectivity index (χ0n) is 10.7. The molecule has 4 nitrogen and oxygen atoms in total. The van der Waals surface area contributed by atoms with Gasteiger partial charge < -0.3 is 10.0 Å². The Hall–Kier alpha value is -2.07. The van der Waals surface area contributed by atoms with Crippen LogP contribution in [0.3, 0.4) is 0 Å². The average Bonchev–Trinajstić information content (AvgIpc) is 2.41.